The summed E-state index contributed by atoms with van der Waals surface area (Å²) in [4.78, 5) is 12.2. The number of rotatable bonds is 8. The third kappa shape index (κ3) is 5.86. The van der Waals surface area contributed by atoms with Crippen LogP contribution >= 0.6 is 0 Å². The van der Waals surface area contributed by atoms with E-state index in [0.717, 1.165) is 5.56 Å². The minimum absolute atomic E-state index is 0.0339. The molecular weight excluding hydrogens is 344 g/mol. The first kappa shape index (κ1) is 18.9. The Balaban J connectivity index is 1.89. The van der Waals surface area contributed by atoms with Crippen LogP contribution in [0.2, 0.25) is 0 Å². The molecule has 0 saturated carbocycles. The van der Waals surface area contributed by atoms with Crippen LogP contribution in [-0.4, -0.2) is 34.6 Å². The fraction of sp³-hybridized carbons (Fsp3) is 0.235. The molecule has 3 N–H and O–H groups in total. The van der Waals surface area contributed by atoms with E-state index in [0.29, 0.717) is 24.5 Å². The van der Waals surface area contributed by atoms with Gasteiger partial charge in [-0.15, -0.1) is 0 Å². The zero-order chi connectivity index (χ0) is 18.3. The standard InChI is InChI=1S/C17H20N2O5S/c1-23-10-11-24-15-6-4-14(5-7-15)17(20)19-12-13-2-8-16(9-3-13)25(18,21)22/h2-9H,10-12H2,1H3,(H,19,20)(H2,18,21,22). The lowest BCUT2D eigenvalue weighted by Crippen LogP contribution is -2.22. The average Bonchev–Trinajstić information content (AvgIpc) is 2.60. The van der Waals surface area contributed by atoms with Crippen molar-refractivity contribution >= 4 is 15.9 Å². The van der Waals surface area contributed by atoms with Gasteiger partial charge in [-0.25, -0.2) is 13.6 Å². The largest absolute Gasteiger partial charge is 0.491 e. The Kier molecular flexibility index (Phi) is 6.51. The van der Waals surface area contributed by atoms with Crippen molar-refractivity contribution in [3.8, 4) is 5.75 Å². The van der Waals surface area contributed by atoms with Crippen LogP contribution in [0.5, 0.6) is 5.75 Å². The number of methoxy groups -OCH3 is 1. The number of primary sulfonamides is 1. The van der Waals surface area contributed by atoms with Crippen molar-refractivity contribution < 1.29 is 22.7 Å². The van der Waals surface area contributed by atoms with Crippen molar-refractivity contribution in [1.82, 2.24) is 5.32 Å². The molecule has 7 nitrogen and oxygen atoms in total. The molecule has 8 heteroatoms. The van der Waals surface area contributed by atoms with Crippen LogP contribution in [0, 0.1) is 0 Å². The SMILES string of the molecule is COCCOc1ccc(C(=O)NCc2ccc(S(N)(=O)=O)cc2)cc1. The summed E-state index contributed by atoms with van der Waals surface area (Å²) in [5, 5.41) is 7.81. The quantitative estimate of drug-likeness (QED) is 0.686. The lowest BCUT2D eigenvalue weighted by Gasteiger charge is -2.08. The third-order valence-corrected chi connectivity index (χ3v) is 4.31. The van der Waals surface area contributed by atoms with Gasteiger partial charge in [0.05, 0.1) is 11.5 Å². The minimum atomic E-state index is -3.71. The molecule has 2 aromatic rings. The van der Waals surface area contributed by atoms with Crippen LogP contribution in [0.15, 0.2) is 53.4 Å². The highest BCUT2D eigenvalue weighted by Crippen LogP contribution is 2.13. The smallest absolute Gasteiger partial charge is 0.251 e. The predicted molar refractivity (Wildman–Crippen MR) is 92.8 cm³/mol. The molecule has 0 aliphatic rings. The van der Waals surface area contributed by atoms with Gasteiger partial charge < -0.3 is 14.8 Å². The van der Waals surface area contributed by atoms with Gasteiger partial charge in [0.15, 0.2) is 0 Å². The van der Waals surface area contributed by atoms with Crippen LogP contribution < -0.4 is 15.2 Å². The molecule has 0 atom stereocenters. The number of ether oxygens (including phenoxy) is 2. The number of amides is 1. The molecule has 0 saturated heterocycles. The zero-order valence-electron chi connectivity index (χ0n) is 13.8. The Bertz CT molecular complexity index is 802. The fourth-order valence-electron chi connectivity index (χ4n) is 2.03. The number of benzene rings is 2. The van der Waals surface area contributed by atoms with Gasteiger partial charge in [-0.05, 0) is 42.0 Å². The summed E-state index contributed by atoms with van der Waals surface area (Å²) in [6, 6.07) is 12.8. The van der Waals surface area contributed by atoms with Crippen molar-refractivity contribution in [3.05, 3.63) is 59.7 Å². The minimum Gasteiger partial charge on any atom is -0.491 e. The van der Waals surface area contributed by atoms with E-state index in [1.165, 1.54) is 12.1 Å². The summed E-state index contributed by atoms with van der Waals surface area (Å²) in [5.74, 6) is 0.422. The van der Waals surface area contributed by atoms with Gasteiger partial charge in [0.2, 0.25) is 10.0 Å². The number of carbonyl (C=O) groups excluding carboxylic acids is 1. The highest BCUT2D eigenvalue weighted by molar-refractivity contribution is 7.89. The Morgan fingerprint density at radius 2 is 1.68 bits per heavy atom. The van der Waals surface area contributed by atoms with Gasteiger partial charge in [-0.2, -0.15) is 0 Å². The molecule has 25 heavy (non-hydrogen) atoms. The molecule has 134 valence electrons. The van der Waals surface area contributed by atoms with Crippen molar-refractivity contribution in [2.24, 2.45) is 5.14 Å². The molecule has 0 heterocycles. The summed E-state index contributed by atoms with van der Waals surface area (Å²) in [7, 11) is -2.12. The topological polar surface area (TPSA) is 108 Å². The molecule has 2 aromatic carbocycles. The Morgan fingerprint density at radius 1 is 1.04 bits per heavy atom. The number of hydrogen-bond donors (Lipinski definition) is 2. The molecule has 0 radical (unpaired) electrons. The monoisotopic (exact) mass is 364 g/mol. The summed E-state index contributed by atoms with van der Waals surface area (Å²) in [6.45, 7) is 1.21. The first-order valence-electron chi connectivity index (χ1n) is 7.52. The van der Waals surface area contributed by atoms with Gasteiger partial charge >= 0.3 is 0 Å². The summed E-state index contributed by atoms with van der Waals surface area (Å²) in [5.41, 5.74) is 1.26. The van der Waals surface area contributed by atoms with E-state index in [1.807, 2.05) is 0 Å². The van der Waals surface area contributed by atoms with Crippen LogP contribution in [0.1, 0.15) is 15.9 Å². The molecule has 0 aliphatic carbocycles. The first-order valence-corrected chi connectivity index (χ1v) is 9.06. The lowest BCUT2D eigenvalue weighted by atomic mass is 10.2. The van der Waals surface area contributed by atoms with Crippen molar-refractivity contribution in [3.63, 3.8) is 0 Å². The van der Waals surface area contributed by atoms with Crippen molar-refractivity contribution in [1.29, 1.82) is 0 Å². The number of hydrogen-bond acceptors (Lipinski definition) is 5. The predicted octanol–water partition coefficient (Wildman–Crippen LogP) is 1.29. The van der Waals surface area contributed by atoms with E-state index in [1.54, 1.807) is 43.5 Å². The van der Waals surface area contributed by atoms with Gasteiger partial charge in [0, 0.05) is 19.2 Å². The molecular formula is C17H20N2O5S. The first-order chi connectivity index (χ1) is 11.9. The molecule has 0 aromatic heterocycles. The van der Waals surface area contributed by atoms with Gasteiger partial charge in [-0.3, -0.25) is 4.79 Å². The van der Waals surface area contributed by atoms with E-state index >= 15 is 0 Å². The van der Waals surface area contributed by atoms with Crippen LogP contribution in [-0.2, 0) is 21.3 Å². The second-order valence-corrected chi connectivity index (χ2v) is 6.80. The lowest BCUT2D eigenvalue weighted by molar-refractivity contribution is 0.0950. The Labute approximate surface area is 146 Å². The van der Waals surface area contributed by atoms with Crippen molar-refractivity contribution in [2.45, 2.75) is 11.4 Å². The summed E-state index contributed by atoms with van der Waals surface area (Å²) < 4.78 is 32.7. The van der Waals surface area contributed by atoms with E-state index in [9.17, 15) is 13.2 Å². The van der Waals surface area contributed by atoms with Crippen LogP contribution in [0.25, 0.3) is 0 Å². The van der Waals surface area contributed by atoms with Crippen molar-refractivity contribution in [2.75, 3.05) is 20.3 Å². The van der Waals surface area contributed by atoms with E-state index in [-0.39, 0.29) is 17.3 Å². The Morgan fingerprint density at radius 3 is 2.24 bits per heavy atom. The Hall–Kier alpha value is -2.42. The molecule has 2 rings (SSSR count). The van der Waals surface area contributed by atoms with Gasteiger partial charge in [-0.1, -0.05) is 12.1 Å². The zero-order valence-corrected chi connectivity index (χ0v) is 14.6. The fourth-order valence-corrected chi connectivity index (χ4v) is 2.54. The number of carbonyl (C=O) groups is 1. The maximum Gasteiger partial charge on any atom is 0.251 e. The van der Waals surface area contributed by atoms with E-state index < -0.39 is 10.0 Å². The van der Waals surface area contributed by atoms with Gasteiger partial charge in [0.25, 0.3) is 5.91 Å². The van der Waals surface area contributed by atoms with E-state index in [2.05, 4.69) is 5.32 Å². The van der Waals surface area contributed by atoms with Crippen LogP contribution in [0.3, 0.4) is 0 Å². The number of nitrogens with two attached hydrogens (primary N) is 1. The molecule has 1 amide bonds. The molecule has 0 bridgehead atoms. The van der Waals surface area contributed by atoms with E-state index in [4.69, 9.17) is 14.6 Å². The normalized spacial score (nSPS) is 11.1. The maximum atomic E-state index is 12.1. The number of sulfonamides is 1. The summed E-state index contributed by atoms with van der Waals surface area (Å²) in [6.07, 6.45) is 0. The molecule has 0 spiro atoms. The molecule has 0 aliphatic heterocycles. The third-order valence-electron chi connectivity index (χ3n) is 3.38. The second-order valence-electron chi connectivity index (χ2n) is 5.24. The molecule has 0 fully saturated rings. The highest BCUT2D eigenvalue weighted by atomic mass is 32.2. The number of nitrogens with one attached hydrogen (secondary N) is 1. The highest BCUT2D eigenvalue weighted by Gasteiger charge is 2.08. The average molecular weight is 364 g/mol. The molecule has 0 unspecified atom stereocenters. The maximum absolute atomic E-state index is 12.1. The summed E-state index contributed by atoms with van der Waals surface area (Å²) >= 11 is 0. The second kappa shape index (κ2) is 8.61. The van der Waals surface area contributed by atoms with Crippen LogP contribution in [0.4, 0.5) is 0 Å². The van der Waals surface area contributed by atoms with Gasteiger partial charge in [0.1, 0.15) is 12.4 Å².